The van der Waals surface area contributed by atoms with Gasteiger partial charge in [-0.15, -0.1) is 0 Å². The van der Waals surface area contributed by atoms with E-state index in [4.69, 9.17) is 8.94 Å². The molecule has 2 N–H and O–H groups in total. The quantitative estimate of drug-likeness (QED) is 0.413. The summed E-state index contributed by atoms with van der Waals surface area (Å²) >= 11 is 0. The number of nitrogens with zero attached hydrogens (tertiary/aromatic N) is 3. The number of hydrogen-bond acceptors (Lipinski definition) is 8. The predicted molar refractivity (Wildman–Crippen MR) is 125 cm³/mol. The minimum Gasteiger partial charge on any atom is -0.459 e. The minimum atomic E-state index is -0.129. The van der Waals surface area contributed by atoms with Crippen LogP contribution in [-0.4, -0.2) is 66.2 Å². The maximum absolute atomic E-state index is 13.5. The smallest absolute Gasteiger partial charge is 0.289 e. The van der Waals surface area contributed by atoms with Gasteiger partial charge in [0, 0.05) is 49.5 Å². The molecule has 6 rings (SSSR count). The second-order valence-corrected chi connectivity index (χ2v) is 8.34. The summed E-state index contributed by atoms with van der Waals surface area (Å²) in [5.41, 5.74) is 3.88. The van der Waals surface area contributed by atoms with Crippen molar-refractivity contribution in [2.24, 2.45) is 0 Å². The van der Waals surface area contributed by atoms with Gasteiger partial charge in [0.05, 0.1) is 29.5 Å². The van der Waals surface area contributed by atoms with Gasteiger partial charge in [0.1, 0.15) is 5.52 Å². The van der Waals surface area contributed by atoms with Crippen LogP contribution in [0.2, 0.25) is 0 Å². The number of aromatic nitrogens is 1. The molecule has 2 aromatic carbocycles. The van der Waals surface area contributed by atoms with E-state index in [1.165, 1.54) is 6.26 Å². The molecule has 2 aliphatic rings. The second-order valence-electron chi connectivity index (χ2n) is 8.34. The zero-order chi connectivity index (χ0) is 23.2. The molecule has 0 saturated carbocycles. The number of hydrogen-bond donors (Lipinski definition) is 2. The average molecular weight is 458 g/mol. The highest BCUT2D eigenvalue weighted by molar-refractivity contribution is 6.28. The van der Waals surface area contributed by atoms with Crippen molar-refractivity contribution in [2.45, 2.75) is 0 Å². The van der Waals surface area contributed by atoms with Gasteiger partial charge in [0.2, 0.25) is 0 Å². The number of carbonyl (C=O) groups excluding carboxylic acids is 2. The van der Waals surface area contributed by atoms with Crippen LogP contribution in [-0.2, 0) is 0 Å². The van der Waals surface area contributed by atoms with Crippen LogP contribution >= 0.6 is 0 Å². The van der Waals surface area contributed by atoms with Gasteiger partial charge in [-0.05, 0) is 18.2 Å². The molecule has 1 aliphatic heterocycles. The number of nitrogens with one attached hydrogen (secondary N) is 1. The summed E-state index contributed by atoms with van der Waals surface area (Å²) in [5, 5.41) is 17.6. The van der Waals surface area contributed by atoms with Crippen molar-refractivity contribution in [1.29, 1.82) is 0 Å². The molecule has 0 atom stereocenters. The molecule has 172 valence electrons. The zero-order valence-corrected chi connectivity index (χ0v) is 18.3. The van der Waals surface area contributed by atoms with E-state index in [0.29, 0.717) is 72.0 Å². The first-order chi connectivity index (χ1) is 16.7. The van der Waals surface area contributed by atoms with Gasteiger partial charge in [-0.2, -0.15) is 0 Å². The van der Waals surface area contributed by atoms with E-state index in [0.717, 1.165) is 11.3 Å². The molecular formula is C25H22N4O5. The Labute approximate surface area is 194 Å². The van der Waals surface area contributed by atoms with Crippen LogP contribution in [0.4, 0.5) is 11.4 Å². The molecule has 0 bridgehead atoms. The van der Waals surface area contributed by atoms with Crippen molar-refractivity contribution in [2.75, 3.05) is 49.5 Å². The lowest BCUT2D eigenvalue weighted by Crippen LogP contribution is -2.48. The number of aliphatic hydroxyl groups is 1. The van der Waals surface area contributed by atoms with E-state index in [1.807, 2.05) is 24.3 Å². The Balaban J connectivity index is 1.40. The van der Waals surface area contributed by atoms with Crippen LogP contribution in [0.5, 0.6) is 0 Å². The molecule has 1 saturated heterocycles. The molecule has 9 heteroatoms. The lowest BCUT2D eigenvalue weighted by atomic mass is 9.86. The predicted octanol–water partition coefficient (Wildman–Crippen LogP) is 3.00. The summed E-state index contributed by atoms with van der Waals surface area (Å²) in [5.74, 6) is 0.671. The lowest BCUT2D eigenvalue weighted by molar-refractivity contribution is 0.0714. The Bertz CT molecular complexity index is 1400. The van der Waals surface area contributed by atoms with E-state index in [1.54, 1.807) is 23.1 Å². The van der Waals surface area contributed by atoms with Crippen molar-refractivity contribution in [1.82, 2.24) is 10.1 Å². The first kappa shape index (κ1) is 20.5. The standard InChI is InChI=1S/C25H22N4O5/c30-12-7-26-17-14-18(28-8-10-29(11-9-28)25(32)19-6-3-13-33-19)22-21-20(17)23(31)15-4-1-2-5-16(15)24(21)34-27-22/h1-6,13-14,26,30H,7-12H2. The lowest BCUT2D eigenvalue weighted by Gasteiger charge is -2.36. The van der Waals surface area contributed by atoms with Crippen LogP contribution in [0.15, 0.2) is 57.7 Å². The molecule has 4 aromatic rings. The number of amides is 1. The Kier molecular flexibility index (Phi) is 4.84. The fourth-order valence-electron chi connectivity index (χ4n) is 4.82. The van der Waals surface area contributed by atoms with Crippen LogP contribution in [0.25, 0.3) is 22.2 Å². The number of furan rings is 1. The van der Waals surface area contributed by atoms with Crippen LogP contribution < -0.4 is 10.2 Å². The van der Waals surface area contributed by atoms with Gasteiger partial charge >= 0.3 is 0 Å². The average Bonchev–Trinajstić information content (AvgIpc) is 3.57. The molecule has 0 unspecified atom stereocenters. The van der Waals surface area contributed by atoms with E-state index < -0.39 is 0 Å². The van der Waals surface area contributed by atoms with Gasteiger partial charge < -0.3 is 29.2 Å². The monoisotopic (exact) mass is 458 g/mol. The molecule has 3 heterocycles. The van der Waals surface area contributed by atoms with Crippen molar-refractivity contribution in [3.05, 3.63) is 65.6 Å². The number of fused-ring (bicyclic) bond motifs is 2. The van der Waals surface area contributed by atoms with Crippen molar-refractivity contribution in [3.63, 3.8) is 0 Å². The SMILES string of the molecule is O=C1c2ccccc2-c2onc3c(N4CCN(C(=O)c5ccco5)CC4)cc(NCCO)c1c23. The third-order valence-electron chi connectivity index (χ3n) is 6.45. The second kappa shape index (κ2) is 8.03. The maximum Gasteiger partial charge on any atom is 0.289 e. The number of ketones is 1. The Morgan fingerprint density at radius 2 is 1.88 bits per heavy atom. The van der Waals surface area contributed by atoms with Gasteiger partial charge in [-0.25, -0.2) is 0 Å². The van der Waals surface area contributed by atoms with Gasteiger partial charge in [0.25, 0.3) is 5.91 Å². The van der Waals surface area contributed by atoms with Crippen LogP contribution in [0, 0.1) is 0 Å². The highest BCUT2D eigenvalue weighted by atomic mass is 16.5. The summed E-state index contributed by atoms with van der Waals surface area (Å²) < 4.78 is 11.0. The Morgan fingerprint density at radius 1 is 1.09 bits per heavy atom. The summed E-state index contributed by atoms with van der Waals surface area (Å²) in [6, 6.07) is 12.6. The number of aliphatic hydroxyl groups excluding tert-OH is 1. The van der Waals surface area contributed by atoms with Crippen LogP contribution in [0.1, 0.15) is 26.5 Å². The Morgan fingerprint density at radius 3 is 2.62 bits per heavy atom. The molecule has 0 radical (unpaired) electrons. The maximum atomic E-state index is 13.5. The largest absolute Gasteiger partial charge is 0.459 e. The van der Waals surface area contributed by atoms with E-state index in [2.05, 4.69) is 15.4 Å². The third kappa shape index (κ3) is 3.08. The van der Waals surface area contributed by atoms with Crippen molar-refractivity contribution < 1.29 is 23.6 Å². The Hall–Kier alpha value is -4.11. The summed E-state index contributed by atoms with van der Waals surface area (Å²) in [6.45, 7) is 2.46. The fraction of sp³-hybridized carbons (Fsp3) is 0.240. The van der Waals surface area contributed by atoms with E-state index in [-0.39, 0.29) is 18.3 Å². The fourth-order valence-corrected chi connectivity index (χ4v) is 4.82. The molecule has 34 heavy (non-hydrogen) atoms. The zero-order valence-electron chi connectivity index (χ0n) is 18.3. The van der Waals surface area contributed by atoms with Gasteiger partial charge in [-0.1, -0.05) is 29.4 Å². The number of benzene rings is 2. The molecule has 0 spiro atoms. The number of piperazine rings is 1. The summed E-state index contributed by atoms with van der Waals surface area (Å²) in [7, 11) is 0. The van der Waals surface area contributed by atoms with E-state index >= 15 is 0 Å². The van der Waals surface area contributed by atoms with E-state index in [9.17, 15) is 14.7 Å². The highest BCUT2D eigenvalue weighted by Gasteiger charge is 2.34. The van der Waals surface area contributed by atoms with Crippen LogP contribution in [0.3, 0.4) is 0 Å². The third-order valence-corrected chi connectivity index (χ3v) is 6.45. The summed E-state index contributed by atoms with van der Waals surface area (Å²) in [6.07, 6.45) is 1.49. The minimum absolute atomic E-state index is 0.0678. The molecule has 1 aliphatic carbocycles. The molecule has 1 amide bonds. The van der Waals surface area contributed by atoms with Gasteiger partial charge in [-0.3, -0.25) is 9.59 Å². The normalized spacial score (nSPS) is 15.0. The number of rotatable bonds is 5. The summed E-state index contributed by atoms with van der Waals surface area (Å²) in [4.78, 5) is 30.0. The van der Waals surface area contributed by atoms with Gasteiger partial charge in [0.15, 0.2) is 17.3 Å². The molecule has 9 nitrogen and oxygen atoms in total. The van der Waals surface area contributed by atoms with Crippen molar-refractivity contribution >= 4 is 34.0 Å². The molecule has 2 aromatic heterocycles. The molecular weight excluding hydrogens is 436 g/mol. The number of carbonyl (C=O) groups is 2. The van der Waals surface area contributed by atoms with Crippen molar-refractivity contribution in [3.8, 4) is 11.3 Å². The highest BCUT2D eigenvalue weighted by Crippen LogP contribution is 2.45. The number of anilines is 2. The first-order valence-corrected chi connectivity index (χ1v) is 11.2. The molecule has 1 fully saturated rings. The first-order valence-electron chi connectivity index (χ1n) is 11.2. The topological polar surface area (TPSA) is 112 Å².